The van der Waals surface area contributed by atoms with Crippen molar-refractivity contribution in [2.24, 2.45) is 0 Å². The second-order valence-corrected chi connectivity index (χ2v) is 4.56. The zero-order valence-electron chi connectivity index (χ0n) is 9.83. The molecule has 1 rings (SSSR count). The van der Waals surface area contributed by atoms with Gasteiger partial charge in [0, 0.05) is 10.0 Å². The number of ketones is 1. The van der Waals surface area contributed by atoms with Crippen LogP contribution in [0.4, 0.5) is 0 Å². The molecule has 0 saturated carbocycles. The summed E-state index contributed by atoms with van der Waals surface area (Å²) in [5.41, 5.74) is 0.594. The molecule has 1 aromatic carbocycles. The summed E-state index contributed by atoms with van der Waals surface area (Å²) in [6, 6.07) is 3.44. The second kappa shape index (κ2) is 5.34. The van der Waals surface area contributed by atoms with Crippen LogP contribution in [-0.2, 0) is 0 Å². The molecule has 3 nitrogen and oxygen atoms in total. The minimum atomic E-state index is -0.0110. The molecular weight excluding hydrogens is 272 g/mol. The van der Waals surface area contributed by atoms with Crippen LogP contribution in [0.5, 0.6) is 11.5 Å². The zero-order valence-corrected chi connectivity index (χ0v) is 11.4. The van der Waals surface area contributed by atoms with E-state index in [1.165, 1.54) is 6.92 Å². The summed E-state index contributed by atoms with van der Waals surface area (Å²) in [4.78, 5) is 11.4. The van der Waals surface area contributed by atoms with Gasteiger partial charge in [0.1, 0.15) is 0 Å². The molecule has 0 aliphatic heterocycles. The number of Topliss-reactive ketones (excluding diaryl/α,β-unsaturated/α-hetero) is 1. The van der Waals surface area contributed by atoms with Gasteiger partial charge in [0.05, 0.1) is 13.2 Å². The third-order valence-corrected chi connectivity index (χ3v) is 2.65. The van der Waals surface area contributed by atoms with Gasteiger partial charge in [-0.25, -0.2) is 0 Å². The van der Waals surface area contributed by atoms with Gasteiger partial charge in [0.25, 0.3) is 0 Å². The van der Waals surface area contributed by atoms with E-state index in [1.807, 2.05) is 13.8 Å². The van der Waals surface area contributed by atoms with Crippen molar-refractivity contribution in [3.63, 3.8) is 0 Å². The quantitative estimate of drug-likeness (QED) is 0.796. The average molecular weight is 287 g/mol. The van der Waals surface area contributed by atoms with Crippen LogP contribution in [0.1, 0.15) is 31.1 Å². The van der Waals surface area contributed by atoms with E-state index >= 15 is 0 Å². The Bertz CT molecular complexity index is 399. The Morgan fingerprint density at radius 1 is 1.31 bits per heavy atom. The lowest BCUT2D eigenvalue weighted by Crippen LogP contribution is -2.08. The highest BCUT2D eigenvalue weighted by Gasteiger charge is 2.13. The molecule has 0 aliphatic carbocycles. The highest BCUT2D eigenvalue weighted by atomic mass is 79.9. The van der Waals surface area contributed by atoms with Crippen LogP contribution in [0.3, 0.4) is 0 Å². The first-order valence-corrected chi connectivity index (χ1v) is 5.80. The third-order valence-electron chi connectivity index (χ3n) is 2.00. The maximum absolute atomic E-state index is 11.4. The van der Waals surface area contributed by atoms with Gasteiger partial charge in [0.15, 0.2) is 17.3 Å². The second-order valence-electron chi connectivity index (χ2n) is 3.71. The molecule has 0 heterocycles. The van der Waals surface area contributed by atoms with Crippen LogP contribution in [0.15, 0.2) is 16.6 Å². The predicted octanol–water partition coefficient (Wildman–Crippen LogP) is 3.45. The number of carbonyl (C=O) groups is 1. The van der Waals surface area contributed by atoms with Crippen LogP contribution in [-0.4, -0.2) is 19.0 Å². The average Bonchev–Trinajstić information content (AvgIpc) is 2.18. The van der Waals surface area contributed by atoms with Gasteiger partial charge < -0.3 is 9.47 Å². The van der Waals surface area contributed by atoms with E-state index in [0.29, 0.717) is 21.5 Å². The van der Waals surface area contributed by atoms with Crippen LogP contribution in [0.25, 0.3) is 0 Å². The minimum absolute atomic E-state index is 0.0110. The lowest BCUT2D eigenvalue weighted by molar-refractivity contribution is 0.101. The number of benzene rings is 1. The molecule has 0 N–H and O–H groups in total. The smallest absolute Gasteiger partial charge is 0.162 e. The Morgan fingerprint density at radius 3 is 2.38 bits per heavy atom. The van der Waals surface area contributed by atoms with Gasteiger partial charge in [-0.05, 0) is 48.8 Å². The molecule has 0 saturated heterocycles. The van der Waals surface area contributed by atoms with E-state index in [9.17, 15) is 4.79 Å². The van der Waals surface area contributed by atoms with E-state index < -0.39 is 0 Å². The molecule has 0 fully saturated rings. The summed E-state index contributed by atoms with van der Waals surface area (Å²) in [7, 11) is 1.57. The molecule has 4 heteroatoms. The lowest BCUT2D eigenvalue weighted by Gasteiger charge is -2.15. The van der Waals surface area contributed by atoms with Crippen molar-refractivity contribution in [1.82, 2.24) is 0 Å². The summed E-state index contributed by atoms with van der Waals surface area (Å²) in [6.45, 7) is 5.37. The van der Waals surface area contributed by atoms with Gasteiger partial charge in [-0.2, -0.15) is 0 Å². The molecule has 0 aliphatic rings. The van der Waals surface area contributed by atoms with Gasteiger partial charge in [-0.15, -0.1) is 0 Å². The Kier molecular flexibility index (Phi) is 4.35. The first-order chi connectivity index (χ1) is 7.45. The lowest BCUT2D eigenvalue weighted by atomic mass is 10.1. The van der Waals surface area contributed by atoms with E-state index in [2.05, 4.69) is 15.9 Å². The monoisotopic (exact) mass is 286 g/mol. The van der Waals surface area contributed by atoms with Crippen LogP contribution in [0.2, 0.25) is 0 Å². The number of hydrogen-bond donors (Lipinski definition) is 0. The minimum Gasteiger partial charge on any atom is -0.493 e. The molecule has 0 spiro atoms. The number of halogens is 1. The normalized spacial score (nSPS) is 10.4. The third kappa shape index (κ3) is 2.98. The van der Waals surface area contributed by atoms with Crippen molar-refractivity contribution < 1.29 is 14.3 Å². The molecule has 0 aromatic heterocycles. The summed E-state index contributed by atoms with van der Waals surface area (Å²) in [6.07, 6.45) is 0.0369. The van der Waals surface area contributed by atoms with Crippen LogP contribution in [0, 0.1) is 0 Å². The fraction of sp³-hybridized carbons (Fsp3) is 0.417. The van der Waals surface area contributed by atoms with Crippen molar-refractivity contribution in [2.45, 2.75) is 26.9 Å². The molecule has 0 atom stereocenters. The summed E-state index contributed by atoms with van der Waals surface area (Å²) in [5, 5.41) is 0. The van der Waals surface area contributed by atoms with Crippen molar-refractivity contribution in [1.29, 1.82) is 0 Å². The highest BCUT2D eigenvalue weighted by molar-refractivity contribution is 9.10. The van der Waals surface area contributed by atoms with Gasteiger partial charge in [-0.3, -0.25) is 4.79 Å². The number of hydrogen-bond acceptors (Lipinski definition) is 3. The maximum Gasteiger partial charge on any atom is 0.162 e. The summed E-state index contributed by atoms with van der Waals surface area (Å²) in [5.74, 6) is 1.19. The molecule has 0 bridgehead atoms. The SMILES string of the molecule is COc1cc(Br)c(C(C)=O)cc1OC(C)C. The van der Waals surface area contributed by atoms with Crippen molar-refractivity contribution >= 4 is 21.7 Å². The number of carbonyl (C=O) groups excluding carboxylic acids is 1. The zero-order chi connectivity index (χ0) is 12.3. The van der Waals surface area contributed by atoms with E-state index in [0.717, 1.165) is 0 Å². The Balaban J connectivity index is 3.23. The van der Waals surface area contributed by atoms with Gasteiger partial charge in [0.2, 0.25) is 0 Å². The molecule has 0 amide bonds. The largest absolute Gasteiger partial charge is 0.493 e. The van der Waals surface area contributed by atoms with Crippen molar-refractivity contribution in [3.8, 4) is 11.5 Å². The fourth-order valence-electron chi connectivity index (χ4n) is 1.31. The highest BCUT2D eigenvalue weighted by Crippen LogP contribution is 2.34. The fourth-order valence-corrected chi connectivity index (χ4v) is 1.91. The topological polar surface area (TPSA) is 35.5 Å². The standard InChI is InChI=1S/C12H15BrO3/c1-7(2)16-12-5-9(8(3)14)10(13)6-11(12)15-4/h5-7H,1-4H3. The molecular formula is C12H15BrO3. The summed E-state index contributed by atoms with van der Waals surface area (Å²) < 4.78 is 11.5. The summed E-state index contributed by atoms with van der Waals surface area (Å²) >= 11 is 3.33. The number of rotatable bonds is 4. The Hall–Kier alpha value is -1.03. The Morgan fingerprint density at radius 2 is 1.94 bits per heavy atom. The van der Waals surface area contributed by atoms with E-state index in [-0.39, 0.29) is 11.9 Å². The van der Waals surface area contributed by atoms with Crippen molar-refractivity contribution in [2.75, 3.05) is 7.11 Å². The molecule has 16 heavy (non-hydrogen) atoms. The van der Waals surface area contributed by atoms with E-state index in [1.54, 1.807) is 19.2 Å². The van der Waals surface area contributed by atoms with E-state index in [4.69, 9.17) is 9.47 Å². The molecule has 88 valence electrons. The van der Waals surface area contributed by atoms with Crippen LogP contribution < -0.4 is 9.47 Å². The molecule has 1 aromatic rings. The van der Waals surface area contributed by atoms with Crippen molar-refractivity contribution in [3.05, 3.63) is 22.2 Å². The molecule has 0 unspecified atom stereocenters. The first-order valence-electron chi connectivity index (χ1n) is 5.00. The number of ether oxygens (including phenoxy) is 2. The van der Waals surface area contributed by atoms with Gasteiger partial charge >= 0.3 is 0 Å². The number of methoxy groups -OCH3 is 1. The van der Waals surface area contributed by atoms with Gasteiger partial charge in [-0.1, -0.05) is 0 Å². The first kappa shape index (κ1) is 13.0. The predicted molar refractivity (Wildman–Crippen MR) is 66.5 cm³/mol. The van der Waals surface area contributed by atoms with Crippen LogP contribution >= 0.6 is 15.9 Å². The molecule has 0 radical (unpaired) electrons. The Labute approximate surface area is 104 Å². The maximum atomic E-state index is 11.4.